The number of rotatable bonds is 1. The van der Waals surface area contributed by atoms with Crippen molar-refractivity contribution in [2.45, 2.75) is 77.5 Å². The van der Waals surface area contributed by atoms with Gasteiger partial charge in [0.25, 0.3) is 0 Å². The Kier molecular flexibility index (Phi) is 3.83. The molecule has 0 aromatic heterocycles. The third-order valence-electron chi connectivity index (χ3n) is 4.82. The molecule has 0 bridgehead atoms. The van der Waals surface area contributed by atoms with Gasteiger partial charge in [-0.25, -0.2) is 4.79 Å². The van der Waals surface area contributed by atoms with Gasteiger partial charge in [-0.05, 0) is 46.0 Å². The maximum Gasteiger partial charge on any atom is 0.407 e. The van der Waals surface area contributed by atoms with E-state index in [9.17, 15) is 4.79 Å². The van der Waals surface area contributed by atoms with E-state index in [1.54, 1.807) is 0 Å². The van der Waals surface area contributed by atoms with E-state index in [1.807, 2.05) is 20.8 Å². The van der Waals surface area contributed by atoms with E-state index in [2.05, 4.69) is 12.2 Å². The molecule has 0 aromatic rings. The van der Waals surface area contributed by atoms with E-state index >= 15 is 0 Å². The van der Waals surface area contributed by atoms with E-state index in [-0.39, 0.29) is 23.6 Å². The first-order valence-electron chi connectivity index (χ1n) is 7.48. The molecular formula is C15H28N2O2. The van der Waals surface area contributed by atoms with Crippen LogP contribution in [-0.2, 0) is 4.74 Å². The number of amides is 1. The van der Waals surface area contributed by atoms with Crippen molar-refractivity contribution in [3.05, 3.63) is 0 Å². The van der Waals surface area contributed by atoms with Crippen LogP contribution in [0.25, 0.3) is 0 Å². The van der Waals surface area contributed by atoms with Crippen molar-refractivity contribution in [3.63, 3.8) is 0 Å². The molecule has 2 atom stereocenters. The monoisotopic (exact) mass is 268 g/mol. The molecule has 0 aromatic carbocycles. The van der Waals surface area contributed by atoms with Crippen LogP contribution < -0.4 is 11.1 Å². The lowest BCUT2D eigenvalue weighted by atomic mass is 9.53. The lowest BCUT2D eigenvalue weighted by Gasteiger charge is -2.57. The Morgan fingerprint density at radius 2 is 1.89 bits per heavy atom. The van der Waals surface area contributed by atoms with Gasteiger partial charge in [-0.2, -0.15) is 0 Å². The quantitative estimate of drug-likeness (QED) is 0.768. The van der Waals surface area contributed by atoms with Crippen molar-refractivity contribution in [3.8, 4) is 0 Å². The molecule has 110 valence electrons. The average Bonchev–Trinajstić information content (AvgIpc) is 2.27. The molecule has 2 aliphatic carbocycles. The zero-order valence-corrected chi connectivity index (χ0v) is 12.7. The third kappa shape index (κ3) is 3.04. The minimum absolute atomic E-state index is 0.128. The van der Waals surface area contributed by atoms with Gasteiger partial charge in [-0.3, -0.25) is 0 Å². The summed E-state index contributed by atoms with van der Waals surface area (Å²) in [5.74, 6) is 0.792. The van der Waals surface area contributed by atoms with Gasteiger partial charge in [-0.1, -0.05) is 19.8 Å². The fraction of sp³-hybridized carbons (Fsp3) is 0.933. The standard InChI is InChI=1S/C15H28N2O2/c1-10-5-7-15(8-6-10)11(16)9-12(15)17-13(18)19-14(2,3)4/h10-12H,5-9,16H2,1-4H3,(H,17,18). The predicted molar refractivity (Wildman–Crippen MR) is 75.8 cm³/mol. The van der Waals surface area contributed by atoms with Crippen LogP contribution in [0, 0.1) is 11.3 Å². The summed E-state index contributed by atoms with van der Waals surface area (Å²) in [6.07, 6.45) is 5.29. The molecule has 2 fully saturated rings. The molecule has 0 radical (unpaired) electrons. The van der Waals surface area contributed by atoms with E-state index in [1.165, 1.54) is 12.8 Å². The Balaban J connectivity index is 1.93. The van der Waals surface area contributed by atoms with Crippen LogP contribution in [0.1, 0.15) is 59.8 Å². The second-order valence-electron chi connectivity index (χ2n) is 7.46. The fourth-order valence-corrected chi connectivity index (χ4v) is 3.49. The molecule has 1 amide bonds. The van der Waals surface area contributed by atoms with Gasteiger partial charge in [0.05, 0.1) is 0 Å². The van der Waals surface area contributed by atoms with E-state index in [0.29, 0.717) is 0 Å². The zero-order valence-electron chi connectivity index (χ0n) is 12.7. The molecule has 2 rings (SSSR count). The molecule has 2 unspecified atom stereocenters. The van der Waals surface area contributed by atoms with Crippen molar-refractivity contribution < 1.29 is 9.53 Å². The van der Waals surface area contributed by atoms with Crippen LogP contribution in [0.4, 0.5) is 4.79 Å². The first-order valence-corrected chi connectivity index (χ1v) is 7.48. The molecule has 19 heavy (non-hydrogen) atoms. The second kappa shape index (κ2) is 4.97. The molecule has 0 heterocycles. The SMILES string of the molecule is CC1CCC2(CC1)C(N)CC2NC(=O)OC(C)(C)C. The number of ether oxygens (including phenoxy) is 1. The van der Waals surface area contributed by atoms with Crippen LogP contribution in [0.2, 0.25) is 0 Å². The topological polar surface area (TPSA) is 64.3 Å². The van der Waals surface area contributed by atoms with Gasteiger partial charge in [-0.15, -0.1) is 0 Å². The molecule has 4 nitrogen and oxygen atoms in total. The van der Waals surface area contributed by atoms with Gasteiger partial charge in [0.1, 0.15) is 5.60 Å². The second-order valence-corrected chi connectivity index (χ2v) is 7.46. The predicted octanol–water partition coefficient (Wildman–Crippen LogP) is 2.81. The third-order valence-corrected chi connectivity index (χ3v) is 4.82. The molecule has 2 saturated carbocycles. The van der Waals surface area contributed by atoms with Gasteiger partial charge in [0.15, 0.2) is 0 Å². The highest BCUT2D eigenvalue weighted by Gasteiger charge is 2.54. The fourth-order valence-electron chi connectivity index (χ4n) is 3.49. The smallest absolute Gasteiger partial charge is 0.407 e. The number of hydrogen-bond donors (Lipinski definition) is 2. The Hall–Kier alpha value is -0.770. The molecule has 2 aliphatic rings. The summed E-state index contributed by atoms with van der Waals surface area (Å²) in [6, 6.07) is 0.435. The minimum Gasteiger partial charge on any atom is -0.444 e. The van der Waals surface area contributed by atoms with Gasteiger partial charge in [0.2, 0.25) is 0 Å². The average molecular weight is 268 g/mol. The van der Waals surface area contributed by atoms with Crippen molar-refractivity contribution >= 4 is 6.09 Å². The number of hydrogen-bond acceptors (Lipinski definition) is 3. The summed E-state index contributed by atoms with van der Waals surface area (Å²) in [5.41, 5.74) is 5.92. The molecule has 3 N–H and O–H groups in total. The summed E-state index contributed by atoms with van der Waals surface area (Å²) in [7, 11) is 0. The molecule has 0 saturated heterocycles. The maximum absolute atomic E-state index is 11.9. The van der Waals surface area contributed by atoms with Crippen molar-refractivity contribution in [2.24, 2.45) is 17.1 Å². The summed E-state index contributed by atoms with van der Waals surface area (Å²) < 4.78 is 5.34. The van der Waals surface area contributed by atoms with E-state index in [0.717, 1.165) is 25.2 Å². The van der Waals surface area contributed by atoms with Gasteiger partial charge in [0, 0.05) is 17.5 Å². The van der Waals surface area contributed by atoms with Crippen LogP contribution in [-0.4, -0.2) is 23.8 Å². The molecule has 0 aliphatic heterocycles. The highest BCUT2D eigenvalue weighted by molar-refractivity contribution is 5.68. The maximum atomic E-state index is 11.9. The van der Waals surface area contributed by atoms with E-state index < -0.39 is 5.60 Å². The minimum atomic E-state index is -0.440. The van der Waals surface area contributed by atoms with Crippen LogP contribution in [0.3, 0.4) is 0 Å². The lowest BCUT2D eigenvalue weighted by Crippen LogP contribution is -2.68. The number of nitrogens with one attached hydrogen (secondary N) is 1. The van der Waals surface area contributed by atoms with Gasteiger partial charge < -0.3 is 15.8 Å². The Bertz CT molecular complexity index is 341. The molecule has 4 heteroatoms. The van der Waals surface area contributed by atoms with Crippen molar-refractivity contribution in [1.29, 1.82) is 0 Å². The normalized spacial score (nSPS) is 38.7. The van der Waals surface area contributed by atoms with Crippen LogP contribution in [0.15, 0.2) is 0 Å². The largest absolute Gasteiger partial charge is 0.444 e. The summed E-state index contributed by atoms with van der Waals surface area (Å²) in [4.78, 5) is 11.9. The van der Waals surface area contributed by atoms with E-state index in [4.69, 9.17) is 10.5 Å². The van der Waals surface area contributed by atoms with Crippen molar-refractivity contribution in [2.75, 3.05) is 0 Å². The molecular weight excluding hydrogens is 240 g/mol. The highest BCUT2D eigenvalue weighted by Crippen LogP contribution is 2.52. The summed E-state index contributed by atoms with van der Waals surface area (Å²) >= 11 is 0. The van der Waals surface area contributed by atoms with Crippen LogP contribution >= 0.6 is 0 Å². The Morgan fingerprint density at radius 3 is 2.37 bits per heavy atom. The first kappa shape index (κ1) is 14.6. The Labute approximate surface area is 116 Å². The van der Waals surface area contributed by atoms with Crippen molar-refractivity contribution in [1.82, 2.24) is 5.32 Å². The summed E-state index contributed by atoms with van der Waals surface area (Å²) in [6.45, 7) is 7.96. The zero-order chi connectivity index (χ0) is 14.3. The number of alkyl carbamates (subject to hydrolysis) is 1. The Morgan fingerprint density at radius 1 is 1.32 bits per heavy atom. The van der Waals surface area contributed by atoms with Crippen LogP contribution in [0.5, 0.6) is 0 Å². The first-order chi connectivity index (χ1) is 8.73. The number of nitrogens with two attached hydrogens (primary N) is 1. The highest BCUT2D eigenvalue weighted by atomic mass is 16.6. The van der Waals surface area contributed by atoms with Gasteiger partial charge >= 0.3 is 6.09 Å². The lowest BCUT2D eigenvalue weighted by molar-refractivity contribution is -0.0229. The summed E-state index contributed by atoms with van der Waals surface area (Å²) in [5, 5.41) is 3.04. The number of carbonyl (C=O) groups excluding carboxylic acids is 1. The molecule has 1 spiro atoms. The number of carbonyl (C=O) groups is 1.